The molecular weight excluding hydrogens is 1160 g/mol. The Bertz CT molecular complexity index is 2750. The van der Waals surface area contributed by atoms with E-state index >= 15 is 0 Å². The minimum atomic E-state index is -3.65. The molecule has 416 valence electrons. The summed E-state index contributed by atoms with van der Waals surface area (Å²) in [6, 6.07) is 40.9. The predicted molar refractivity (Wildman–Crippen MR) is 318 cm³/mol. The van der Waals surface area contributed by atoms with Crippen LogP contribution in [0.1, 0.15) is 166 Å². The van der Waals surface area contributed by atoms with Crippen LogP contribution >= 0.6 is 20.9 Å². The largest absolute Gasteiger partial charge is 1.00 e. The molecule has 0 aliphatic carbocycles. The molecule has 4 heterocycles. The second-order valence-electron chi connectivity index (χ2n) is 19.5. The number of fused-ring (bicyclic) bond motifs is 2. The van der Waals surface area contributed by atoms with Gasteiger partial charge in [0.25, 0.3) is 0 Å². The van der Waals surface area contributed by atoms with Gasteiger partial charge in [-0.2, -0.15) is 0 Å². The summed E-state index contributed by atoms with van der Waals surface area (Å²) in [5, 5.41) is 7.50. The zero-order valence-electron chi connectivity index (χ0n) is 45.3. The summed E-state index contributed by atoms with van der Waals surface area (Å²) in [6.45, 7) is 4.58. The van der Waals surface area contributed by atoms with Crippen LogP contribution < -0.4 is 68.4 Å². The Balaban J connectivity index is 0.000000290. The molecule has 4 aromatic carbocycles. The zero-order chi connectivity index (χ0) is 53.1. The average molecular weight is 1250 g/mol. The number of unbranched alkanes of at least 4 members (excludes halogenated alkanes) is 18. The Kier molecular flexibility index (Phi) is 33.4. The molecule has 2 aromatic heterocycles. The van der Waals surface area contributed by atoms with Crippen LogP contribution in [0.5, 0.6) is 0 Å². The number of sulfonamides is 4. The molecule has 10 nitrogen and oxygen atoms in total. The predicted octanol–water partition coefficient (Wildman–Crippen LogP) is 10.9. The van der Waals surface area contributed by atoms with E-state index in [4.69, 9.17) is 0 Å². The van der Waals surface area contributed by atoms with Crippen molar-refractivity contribution in [2.24, 2.45) is 0 Å². The summed E-state index contributed by atoms with van der Waals surface area (Å²) in [5.41, 5.74) is 3.00. The number of hydrogen-bond donors (Lipinski definition) is 0. The van der Waals surface area contributed by atoms with Crippen LogP contribution in [-0.2, 0) is 52.9 Å². The van der Waals surface area contributed by atoms with Crippen molar-refractivity contribution >= 4 is 81.2 Å². The van der Waals surface area contributed by atoms with Gasteiger partial charge in [0.15, 0.2) is 19.2 Å². The number of thiophene rings is 2. The fourth-order valence-electron chi connectivity index (χ4n) is 9.06. The van der Waals surface area contributed by atoms with Crippen LogP contribution in [0.4, 0.5) is 0 Å². The van der Waals surface area contributed by atoms with Crippen molar-refractivity contribution in [3.8, 4) is 9.79 Å². The fourth-order valence-corrected chi connectivity index (χ4v) is 19.2. The average Bonchev–Trinajstić information content (AvgIpc) is 4.00. The van der Waals surface area contributed by atoms with Gasteiger partial charge in [0.1, 0.15) is 10.8 Å². The molecule has 0 saturated carbocycles. The summed E-state index contributed by atoms with van der Waals surface area (Å²) in [4.78, 5) is 2.89. The van der Waals surface area contributed by atoms with Crippen LogP contribution in [0.3, 0.4) is 0 Å². The molecule has 2 atom stereocenters. The van der Waals surface area contributed by atoms with Crippen molar-refractivity contribution < 1.29 is 102 Å². The first-order valence-electron chi connectivity index (χ1n) is 27.2. The van der Waals surface area contributed by atoms with Crippen LogP contribution in [0, 0.1) is 0 Å². The van der Waals surface area contributed by atoms with E-state index in [1.807, 2.05) is 0 Å². The van der Waals surface area contributed by atoms with Crippen molar-refractivity contribution in [3.05, 3.63) is 139 Å². The van der Waals surface area contributed by atoms with Gasteiger partial charge in [-0.05, 0) is 98.2 Å². The van der Waals surface area contributed by atoms with Crippen LogP contribution in [0.25, 0.3) is 38.2 Å². The molecule has 0 bridgehead atoms. The van der Waals surface area contributed by atoms with E-state index in [9.17, 15) is 33.7 Å². The molecule has 2 fully saturated rings. The van der Waals surface area contributed by atoms with Crippen molar-refractivity contribution in [3.63, 3.8) is 0 Å². The summed E-state index contributed by atoms with van der Waals surface area (Å²) in [5.74, 6) is -0.586. The van der Waals surface area contributed by atoms with Crippen molar-refractivity contribution in [1.29, 1.82) is 0 Å². The number of nitrogens with zero attached hydrogens (tertiary/aromatic N) is 2. The SMILES string of the molecule is CCCCCCCCCCCCc1ccc(-[s+]2ccc3ccccc32)cc1.CCCCCCCCCCCCc1ccc(-[s+]2ccc3ccccc32)cc1.O=S1(=O)CCCS(=O)(=O)[N-]1.O=S1(=O)CCCS(=O)(=O)[N-]1.[Br-].[K+]. The van der Waals surface area contributed by atoms with Gasteiger partial charge in [-0.25, -0.2) is 33.7 Å². The fraction of sp³-hybridized carbons (Fsp3) is 0.517. The molecule has 8 rings (SSSR count). The Morgan fingerprint density at radius 3 is 0.921 bits per heavy atom. The molecule has 76 heavy (non-hydrogen) atoms. The van der Waals surface area contributed by atoms with E-state index in [0.29, 0.717) is 0 Å². The normalized spacial score (nSPS) is 16.3. The topological polar surface area (TPSA) is 165 Å². The molecule has 0 N–H and O–H groups in total. The van der Waals surface area contributed by atoms with Crippen LogP contribution in [0.15, 0.2) is 120 Å². The standard InChI is InChI=1S/2C26H35S.2C3H6NO4S2.BrH.K/c2*1-2-3-4-5-6-7-8-9-10-11-14-23-17-19-25(20-18-23)27-22-21-24-15-12-13-16-26(24)27;2*5-9(6)2-1-3-10(7,8)4-9;;/h2*12-13,15-22H,2-11,14H2,1H3;2*1-3H2;1H;/q2*+1;2*-1;;+1/p-1. The molecule has 0 amide bonds. The molecule has 18 heteroatoms. The summed E-state index contributed by atoms with van der Waals surface area (Å²) >= 11 is 0. The minimum absolute atomic E-state index is 0. The molecular formula is C58H82BrKN2O8S6. The molecule has 2 aliphatic heterocycles. The van der Waals surface area contributed by atoms with E-state index < -0.39 is 40.1 Å². The van der Waals surface area contributed by atoms with Gasteiger partial charge >= 0.3 is 51.4 Å². The van der Waals surface area contributed by atoms with Gasteiger partial charge in [-0.1, -0.05) is 178 Å². The number of aryl methyl sites for hydroxylation is 2. The molecule has 6 aromatic rings. The second-order valence-corrected chi connectivity index (χ2v) is 30.7. The van der Waals surface area contributed by atoms with Crippen LogP contribution in [0.2, 0.25) is 0 Å². The Labute approximate surface area is 517 Å². The van der Waals surface area contributed by atoms with E-state index in [1.165, 1.54) is 182 Å². The number of halogens is 1. The van der Waals surface area contributed by atoms with Gasteiger partial charge < -0.3 is 25.2 Å². The molecule has 2 saturated heterocycles. The minimum Gasteiger partial charge on any atom is -1.00 e. The Hall–Kier alpha value is -1.36. The molecule has 0 spiro atoms. The maximum atomic E-state index is 10.5. The third-order valence-corrected chi connectivity index (χ3v) is 24.1. The van der Waals surface area contributed by atoms with Crippen molar-refractivity contribution in [1.82, 2.24) is 0 Å². The van der Waals surface area contributed by atoms with Gasteiger partial charge in [0, 0.05) is 66.9 Å². The smallest absolute Gasteiger partial charge is 1.00 e. The van der Waals surface area contributed by atoms with Gasteiger partial charge in [0.05, 0.1) is 40.1 Å². The molecule has 2 aliphatic rings. The van der Waals surface area contributed by atoms with E-state index in [1.54, 1.807) is 0 Å². The Morgan fingerprint density at radius 1 is 0.368 bits per heavy atom. The third-order valence-electron chi connectivity index (χ3n) is 13.1. The van der Waals surface area contributed by atoms with Crippen molar-refractivity contribution in [2.75, 3.05) is 23.0 Å². The molecule has 0 radical (unpaired) electrons. The monoisotopic (exact) mass is 1240 g/mol. The van der Waals surface area contributed by atoms with Gasteiger partial charge in [-0.3, -0.25) is 0 Å². The van der Waals surface area contributed by atoms with Gasteiger partial charge in [0.2, 0.25) is 0 Å². The maximum Gasteiger partial charge on any atom is 1.00 e. The van der Waals surface area contributed by atoms with Gasteiger partial charge in [-0.15, -0.1) is 0 Å². The maximum absolute atomic E-state index is 10.5. The Morgan fingerprint density at radius 2 is 0.645 bits per heavy atom. The van der Waals surface area contributed by atoms with Crippen molar-refractivity contribution in [2.45, 2.75) is 168 Å². The number of hydrogen-bond acceptors (Lipinski definition) is 8. The first kappa shape index (κ1) is 68.9. The summed E-state index contributed by atoms with van der Waals surface area (Å²) in [6.07, 6.45) is 31.0. The zero-order valence-corrected chi connectivity index (χ0v) is 54.9. The molecule has 2 unspecified atom stereocenters. The van der Waals surface area contributed by atoms with E-state index in [2.05, 4.69) is 142 Å². The van der Waals surface area contributed by atoms with Crippen LogP contribution in [-0.4, -0.2) is 56.7 Å². The third kappa shape index (κ3) is 26.5. The number of rotatable bonds is 24. The quantitative estimate of drug-likeness (QED) is 0.0328. The first-order valence-corrected chi connectivity index (χ1v) is 36.2. The number of benzene rings is 4. The van der Waals surface area contributed by atoms with E-state index in [-0.39, 0.29) is 125 Å². The summed E-state index contributed by atoms with van der Waals surface area (Å²) < 4.78 is 92.5. The summed E-state index contributed by atoms with van der Waals surface area (Å²) in [7, 11) is -14.4. The first-order chi connectivity index (χ1) is 35.6. The second kappa shape index (κ2) is 36.9. The van der Waals surface area contributed by atoms with E-state index in [0.717, 1.165) is 0 Å².